The Morgan fingerprint density at radius 2 is 1.97 bits per heavy atom. The first-order valence-electron chi connectivity index (χ1n) is 11.1. The molecule has 2 aromatic rings. The Kier molecular flexibility index (Phi) is 9.39. The van der Waals surface area contributed by atoms with Crippen LogP contribution in [0.1, 0.15) is 43.8 Å². The fourth-order valence-electron chi connectivity index (χ4n) is 4.27. The predicted octanol–water partition coefficient (Wildman–Crippen LogP) is 3.24. The quantitative estimate of drug-likeness (QED) is 0.331. The van der Waals surface area contributed by atoms with E-state index in [4.69, 9.17) is 4.42 Å². The predicted molar refractivity (Wildman–Crippen MR) is 137 cm³/mol. The minimum atomic E-state index is 0. The number of nitrogens with one attached hydrogen (secondary N) is 1. The van der Waals surface area contributed by atoms with Crippen molar-refractivity contribution in [1.82, 2.24) is 24.5 Å². The molecule has 10 heteroatoms. The number of piperazine rings is 1. The summed E-state index contributed by atoms with van der Waals surface area (Å²) in [6, 6.07) is 4.32. The minimum Gasteiger partial charge on any atom is -0.468 e. The van der Waals surface area contributed by atoms with Crippen LogP contribution in [0.2, 0.25) is 0 Å². The van der Waals surface area contributed by atoms with Crippen LogP contribution < -0.4 is 10.2 Å². The lowest BCUT2D eigenvalue weighted by molar-refractivity contribution is 0.145. The SMILES string of the molecule is CCc1nsc(N2CCN(C(=NC)NCC(c3ccco3)N3CCCCC3)CC2)n1.I. The molecular formula is C21H34IN7OS. The summed E-state index contributed by atoms with van der Waals surface area (Å²) in [5, 5.41) is 4.66. The monoisotopic (exact) mass is 559 g/mol. The molecule has 0 radical (unpaired) electrons. The highest BCUT2D eigenvalue weighted by Crippen LogP contribution is 2.25. The average Bonchev–Trinajstić information content (AvgIpc) is 3.50. The second kappa shape index (κ2) is 12.0. The molecule has 0 spiro atoms. The van der Waals surface area contributed by atoms with Crippen molar-refractivity contribution in [2.75, 3.05) is 57.8 Å². The fraction of sp³-hybridized carbons (Fsp3) is 0.667. The molecule has 1 atom stereocenters. The smallest absolute Gasteiger partial charge is 0.205 e. The van der Waals surface area contributed by atoms with Gasteiger partial charge in [0.25, 0.3) is 0 Å². The first kappa shape index (κ1) is 24.2. The van der Waals surface area contributed by atoms with Gasteiger partial charge >= 0.3 is 0 Å². The molecule has 2 saturated heterocycles. The van der Waals surface area contributed by atoms with E-state index in [0.29, 0.717) is 0 Å². The number of halogens is 1. The third-order valence-corrected chi connectivity index (χ3v) is 6.81. The molecule has 1 unspecified atom stereocenters. The van der Waals surface area contributed by atoms with Gasteiger partial charge in [0.05, 0.1) is 12.3 Å². The van der Waals surface area contributed by atoms with E-state index in [2.05, 4.69) is 47.4 Å². The Balaban J connectivity index is 0.00000272. The molecule has 2 aliphatic heterocycles. The van der Waals surface area contributed by atoms with Crippen molar-refractivity contribution >= 4 is 46.6 Å². The van der Waals surface area contributed by atoms with E-state index in [1.165, 1.54) is 30.8 Å². The van der Waals surface area contributed by atoms with Crippen molar-refractivity contribution in [3.8, 4) is 0 Å². The largest absolute Gasteiger partial charge is 0.468 e. The lowest BCUT2D eigenvalue weighted by Crippen LogP contribution is -2.53. The molecule has 0 aliphatic carbocycles. The maximum atomic E-state index is 5.78. The molecule has 2 aliphatic rings. The van der Waals surface area contributed by atoms with E-state index in [-0.39, 0.29) is 30.0 Å². The van der Waals surface area contributed by atoms with Gasteiger partial charge in [-0.25, -0.2) is 4.98 Å². The van der Waals surface area contributed by atoms with E-state index in [0.717, 1.165) is 74.9 Å². The molecule has 2 fully saturated rings. The van der Waals surface area contributed by atoms with Crippen LogP contribution in [0, 0.1) is 0 Å². The van der Waals surface area contributed by atoms with Crippen LogP contribution in [0.15, 0.2) is 27.8 Å². The van der Waals surface area contributed by atoms with Gasteiger partial charge < -0.3 is 19.5 Å². The normalized spacial score (nSPS) is 19.2. The molecule has 31 heavy (non-hydrogen) atoms. The van der Waals surface area contributed by atoms with Gasteiger partial charge in [-0.2, -0.15) is 4.37 Å². The van der Waals surface area contributed by atoms with Gasteiger partial charge in [-0.05, 0) is 38.1 Å². The van der Waals surface area contributed by atoms with E-state index in [1.54, 1.807) is 6.26 Å². The van der Waals surface area contributed by atoms with Crippen molar-refractivity contribution in [1.29, 1.82) is 0 Å². The summed E-state index contributed by atoms with van der Waals surface area (Å²) in [4.78, 5) is 16.4. The number of aromatic nitrogens is 2. The maximum absolute atomic E-state index is 5.78. The zero-order valence-corrected chi connectivity index (χ0v) is 21.6. The highest BCUT2D eigenvalue weighted by molar-refractivity contribution is 14.0. The Labute approximate surface area is 206 Å². The van der Waals surface area contributed by atoms with Gasteiger partial charge in [0.2, 0.25) is 5.13 Å². The molecular weight excluding hydrogens is 525 g/mol. The summed E-state index contributed by atoms with van der Waals surface area (Å²) in [6.45, 7) is 8.89. The summed E-state index contributed by atoms with van der Waals surface area (Å²) in [7, 11) is 1.87. The maximum Gasteiger partial charge on any atom is 0.205 e. The number of aryl methyl sites for hydroxylation is 1. The second-order valence-electron chi connectivity index (χ2n) is 7.88. The van der Waals surface area contributed by atoms with E-state index >= 15 is 0 Å². The van der Waals surface area contributed by atoms with E-state index < -0.39 is 0 Å². The number of hydrogen-bond acceptors (Lipinski definition) is 7. The van der Waals surface area contributed by atoms with Gasteiger partial charge in [0.15, 0.2) is 5.96 Å². The summed E-state index contributed by atoms with van der Waals surface area (Å²) in [6.07, 6.45) is 6.52. The molecule has 0 amide bonds. The van der Waals surface area contributed by atoms with Crippen molar-refractivity contribution < 1.29 is 4.42 Å². The minimum absolute atomic E-state index is 0. The Morgan fingerprint density at radius 1 is 1.19 bits per heavy atom. The third-order valence-electron chi connectivity index (χ3n) is 5.99. The lowest BCUT2D eigenvalue weighted by atomic mass is 10.1. The Bertz CT molecular complexity index is 799. The topological polar surface area (TPSA) is 73.0 Å². The zero-order valence-electron chi connectivity index (χ0n) is 18.5. The van der Waals surface area contributed by atoms with Crippen molar-refractivity contribution in [3.05, 3.63) is 30.0 Å². The van der Waals surface area contributed by atoms with Gasteiger partial charge in [-0.1, -0.05) is 13.3 Å². The molecule has 172 valence electrons. The fourth-order valence-corrected chi connectivity index (χ4v) is 5.07. The van der Waals surface area contributed by atoms with Gasteiger partial charge in [-0.3, -0.25) is 9.89 Å². The first-order valence-corrected chi connectivity index (χ1v) is 11.9. The summed E-state index contributed by atoms with van der Waals surface area (Å²) in [5.41, 5.74) is 0. The number of rotatable bonds is 6. The number of anilines is 1. The number of furan rings is 1. The summed E-state index contributed by atoms with van der Waals surface area (Å²) in [5.74, 6) is 2.94. The molecule has 0 saturated carbocycles. The molecule has 0 aromatic carbocycles. The van der Waals surface area contributed by atoms with Crippen LogP contribution in [-0.4, -0.2) is 78.0 Å². The van der Waals surface area contributed by atoms with E-state index in [1.807, 2.05) is 13.1 Å². The van der Waals surface area contributed by atoms with E-state index in [9.17, 15) is 0 Å². The highest BCUT2D eigenvalue weighted by Gasteiger charge is 2.26. The van der Waals surface area contributed by atoms with Crippen LogP contribution in [-0.2, 0) is 6.42 Å². The van der Waals surface area contributed by atoms with Gasteiger partial charge in [0, 0.05) is 57.7 Å². The van der Waals surface area contributed by atoms with Crippen molar-refractivity contribution in [2.24, 2.45) is 4.99 Å². The van der Waals surface area contributed by atoms with Crippen molar-refractivity contribution in [3.63, 3.8) is 0 Å². The Morgan fingerprint density at radius 3 is 2.58 bits per heavy atom. The van der Waals surface area contributed by atoms with Crippen LogP contribution in [0.25, 0.3) is 0 Å². The third kappa shape index (κ3) is 6.10. The van der Waals surface area contributed by atoms with Gasteiger partial charge in [-0.15, -0.1) is 24.0 Å². The number of guanidine groups is 1. The lowest BCUT2D eigenvalue weighted by Gasteiger charge is -2.38. The summed E-state index contributed by atoms with van der Waals surface area (Å²) >= 11 is 1.51. The molecule has 4 heterocycles. The highest BCUT2D eigenvalue weighted by atomic mass is 127. The zero-order chi connectivity index (χ0) is 20.8. The van der Waals surface area contributed by atoms with Gasteiger partial charge in [0.1, 0.15) is 11.6 Å². The van der Waals surface area contributed by atoms with Crippen LogP contribution in [0.5, 0.6) is 0 Å². The summed E-state index contributed by atoms with van der Waals surface area (Å²) < 4.78 is 10.2. The second-order valence-corrected chi connectivity index (χ2v) is 8.61. The molecule has 8 nitrogen and oxygen atoms in total. The Hall–Kier alpha value is -1.40. The number of nitrogens with zero attached hydrogens (tertiary/aromatic N) is 6. The molecule has 0 bridgehead atoms. The molecule has 2 aromatic heterocycles. The molecule has 1 N–H and O–H groups in total. The average molecular weight is 560 g/mol. The first-order chi connectivity index (χ1) is 14.8. The van der Waals surface area contributed by atoms with Crippen molar-refractivity contribution in [2.45, 2.75) is 38.6 Å². The van der Waals surface area contributed by atoms with Crippen LogP contribution in [0.3, 0.4) is 0 Å². The molecule has 4 rings (SSSR count). The number of likely N-dealkylation sites (tertiary alicyclic amines) is 1. The number of piperidine rings is 1. The van der Waals surface area contributed by atoms with Crippen LogP contribution in [0.4, 0.5) is 5.13 Å². The standard InChI is InChI=1S/C21H33N7OS.HI/c1-3-19-24-21(30-25-19)28-13-11-27(12-14-28)20(22-2)23-16-17(18-8-7-15-29-18)26-9-5-4-6-10-26;/h7-8,15,17H,3-6,9-14,16H2,1-2H3,(H,22,23);1H. The van der Waals surface area contributed by atoms with Crippen LogP contribution >= 0.6 is 35.5 Å². The number of aliphatic imine (C=N–C) groups is 1. The number of hydrogen-bond donors (Lipinski definition) is 1.